The van der Waals surface area contributed by atoms with E-state index in [0.29, 0.717) is 5.69 Å². The van der Waals surface area contributed by atoms with Crippen LogP contribution in [0, 0.1) is 6.92 Å². The molecule has 0 saturated carbocycles. The lowest BCUT2D eigenvalue weighted by Gasteiger charge is -2.08. The van der Waals surface area contributed by atoms with Gasteiger partial charge in [0.15, 0.2) is 0 Å². The molecule has 0 heterocycles. The lowest BCUT2D eigenvalue weighted by molar-refractivity contribution is -0.131. The molecule has 6 heteroatoms. The van der Waals surface area contributed by atoms with Crippen LogP contribution in [0.15, 0.2) is 24.3 Å². The predicted octanol–water partition coefficient (Wildman–Crippen LogP) is 1.85. The molecular weight excluding hydrogens is 254 g/mol. The minimum atomic E-state index is -3.29. The minimum absolute atomic E-state index is 0.00666. The van der Waals surface area contributed by atoms with Gasteiger partial charge in [-0.25, -0.2) is 13.2 Å². The number of hydrogen-bond donors (Lipinski definition) is 2. The molecule has 2 N–H and O–H groups in total. The highest BCUT2D eigenvalue weighted by Crippen LogP contribution is 2.17. The summed E-state index contributed by atoms with van der Waals surface area (Å²) >= 11 is 0. The first-order valence-electron chi connectivity index (χ1n) is 5.36. The molecule has 0 aliphatic carbocycles. The van der Waals surface area contributed by atoms with E-state index < -0.39 is 16.0 Å². The van der Waals surface area contributed by atoms with Crippen molar-refractivity contribution in [2.75, 3.05) is 10.5 Å². The Bertz CT molecular complexity index is 576. The van der Waals surface area contributed by atoms with Crippen LogP contribution in [0.2, 0.25) is 0 Å². The van der Waals surface area contributed by atoms with Gasteiger partial charge in [0, 0.05) is 11.8 Å². The number of carboxylic acids is 1. The van der Waals surface area contributed by atoms with E-state index in [4.69, 9.17) is 5.11 Å². The number of rotatable bonds is 5. The average Bonchev–Trinajstić information content (AvgIpc) is 2.27. The Hall–Kier alpha value is -1.82. The van der Waals surface area contributed by atoms with Gasteiger partial charge in [0.05, 0.1) is 5.75 Å². The van der Waals surface area contributed by atoms with E-state index in [1.807, 2.05) is 0 Å². The fourth-order valence-corrected chi connectivity index (χ4v) is 1.97. The molecule has 0 radical (unpaired) electrons. The molecule has 0 spiro atoms. The molecule has 1 aromatic rings. The number of anilines is 1. The molecular formula is C12H15NO4S. The SMILES string of the molecule is CCS(=O)(=O)Nc1ccc(/C=C/C(=O)O)c(C)c1. The van der Waals surface area contributed by atoms with E-state index in [2.05, 4.69) is 4.72 Å². The molecule has 1 rings (SSSR count). The first-order valence-corrected chi connectivity index (χ1v) is 7.01. The van der Waals surface area contributed by atoms with Crippen molar-refractivity contribution < 1.29 is 18.3 Å². The highest BCUT2D eigenvalue weighted by molar-refractivity contribution is 7.92. The van der Waals surface area contributed by atoms with Gasteiger partial charge in [0.25, 0.3) is 0 Å². The number of aryl methyl sites for hydroxylation is 1. The van der Waals surface area contributed by atoms with Crippen molar-refractivity contribution in [2.24, 2.45) is 0 Å². The Morgan fingerprint density at radius 3 is 2.61 bits per heavy atom. The molecule has 18 heavy (non-hydrogen) atoms. The van der Waals surface area contributed by atoms with Crippen LogP contribution < -0.4 is 4.72 Å². The zero-order valence-electron chi connectivity index (χ0n) is 10.2. The van der Waals surface area contributed by atoms with Crippen molar-refractivity contribution >= 4 is 27.8 Å². The third-order valence-electron chi connectivity index (χ3n) is 2.33. The largest absolute Gasteiger partial charge is 0.478 e. The number of carboxylic acid groups (broad SMARTS) is 1. The van der Waals surface area contributed by atoms with Gasteiger partial charge < -0.3 is 5.11 Å². The number of benzene rings is 1. The van der Waals surface area contributed by atoms with Gasteiger partial charge in [-0.3, -0.25) is 4.72 Å². The molecule has 0 aliphatic heterocycles. The second-order valence-electron chi connectivity index (χ2n) is 3.75. The fraction of sp³-hybridized carbons (Fsp3) is 0.250. The zero-order valence-corrected chi connectivity index (χ0v) is 11.0. The molecule has 0 unspecified atom stereocenters. The minimum Gasteiger partial charge on any atom is -0.478 e. The molecule has 5 nitrogen and oxygen atoms in total. The Kier molecular flexibility index (Phi) is 4.49. The highest BCUT2D eigenvalue weighted by atomic mass is 32.2. The summed E-state index contributed by atoms with van der Waals surface area (Å²) in [4.78, 5) is 10.4. The van der Waals surface area contributed by atoms with Crippen LogP contribution in [0.3, 0.4) is 0 Å². The van der Waals surface area contributed by atoms with E-state index in [9.17, 15) is 13.2 Å². The summed E-state index contributed by atoms with van der Waals surface area (Å²) in [5.74, 6) is -1.02. The van der Waals surface area contributed by atoms with Gasteiger partial charge >= 0.3 is 5.97 Å². The summed E-state index contributed by atoms with van der Waals surface area (Å²) < 4.78 is 25.2. The number of carbonyl (C=O) groups is 1. The van der Waals surface area contributed by atoms with Crippen molar-refractivity contribution in [1.82, 2.24) is 0 Å². The van der Waals surface area contributed by atoms with Gasteiger partial charge in [-0.1, -0.05) is 6.07 Å². The number of nitrogens with one attached hydrogen (secondary N) is 1. The van der Waals surface area contributed by atoms with Crippen LogP contribution in [0.4, 0.5) is 5.69 Å². The van der Waals surface area contributed by atoms with Crippen molar-refractivity contribution in [3.8, 4) is 0 Å². The maximum Gasteiger partial charge on any atom is 0.328 e. The second kappa shape index (κ2) is 5.68. The number of aliphatic carboxylic acids is 1. The third kappa shape index (κ3) is 4.21. The number of sulfonamides is 1. The normalized spacial score (nSPS) is 11.7. The van der Waals surface area contributed by atoms with E-state index in [-0.39, 0.29) is 5.75 Å². The smallest absolute Gasteiger partial charge is 0.328 e. The Balaban J connectivity index is 2.96. The Labute approximate surface area is 106 Å². The molecule has 1 aromatic carbocycles. The summed E-state index contributed by atoms with van der Waals surface area (Å²) in [5, 5.41) is 8.53. The van der Waals surface area contributed by atoms with Gasteiger partial charge in [0.1, 0.15) is 0 Å². The van der Waals surface area contributed by atoms with Crippen molar-refractivity contribution in [1.29, 1.82) is 0 Å². The van der Waals surface area contributed by atoms with Crippen LogP contribution in [0.25, 0.3) is 6.08 Å². The topological polar surface area (TPSA) is 83.5 Å². The van der Waals surface area contributed by atoms with Gasteiger partial charge in [0.2, 0.25) is 10.0 Å². The van der Waals surface area contributed by atoms with Crippen molar-refractivity contribution in [3.63, 3.8) is 0 Å². The maximum absolute atomic E-state index is 11.4. The maximum atomic E-state index is 11.4. The zero-order chi connectivity index (χ0) is 13.8. The molecule has 0 aromatic heterocycles. The van der Waals surface area contributed by atoms with Crippen molar-refractivity contribution in [3.05, 3.63) is 35.4 Å². The summed E-state index contributed by atoms with van der Waals surface area (Å²) in [7, 11) is -3.29. The second-order valence-corrected chi connectivity index (χ2v) is 5.76. The molecule has 98 valence electrons. The van der Waals surface area contributed by atoms with Crippen LogP contribution in [-0.4, -0.2) is 25.2 Å². The summed E-state index contributed by atoms with van der Waals surface area (Å²) in [6.07, 6.45) is 2.51. The Morgan fingerprint density at radius 1 is 1.44 bits per heavy atom. The molecule has 0 fully saturated rings. The standard InChI is InChI=1S/C12H15NO4S/c1-3-18(16,17)13-11-6-4-10(9(2)8-11)5-7-12(14)15/h4-8,13H,3H2,1-2H3,(H,14,15)/b7-5+. The molecule has 0 atom stereocenters. The van der Waals surface area contributed by atoms with Crippen molar-refractivity contribution in [2.45, 2.75) is 13.8 Å². The first kappa shape index (κ1) is 14.2. The predicted molar refractivity (Wildman–Crippen MR) is 70.9 cm³/mol. The van der Waals surface area contributed by atoms with E-state index >= 15 is 0 Å². The highest BCUT2D eigenvalue weighted by Gasteiger charge is 2.07. The van der Waals surface area contributed by atoms with E-state index in [0.717, 1.165) is 17.2 Å². The molecule has 0 aliphatic rings. The lowest BCUT2D eigenvalue weighted by atomic mass is 10.1. The summed E-state index contributed by atoms with van der Waals surface area (Å²) in [6, 6.07) is 4.93. The van der Waals surface area contributed by atoms with Gasteiger partial charge in [-0.2, -0.15) is 0 Å². The summed E-state index contributed by atoms with van der Waals surface area (Å²) in [5.41, 5.74) is 2.00. The first-order chi connectivity index (χ1) is 8.34. The fourth-order valence-electron chi connectivity index (χ4n) is 1.34. The van der Waals surface area contributed by atoms with Crippen LogP contribution in [-0.2, 0) is 14.8 Å². The average molecular weight is 269 g/mol. The monoisotopic (exact) mass is 269 g/mol. The van der Waals surface area contributed by atoms with Gasteiger partial charge in [-0.15, -0.1) is 0 Å². The lowest BCUT2D eigenvalue weighted by Crippen LogP contribution is -2.14. The summed E-state index contributed by atoms with van der Waals surface area (Å²) in [6.45, 7) is 3.34. The number of hydrogen-bond acceptors (Lipinski definition) is 3. The third-order valence-corrected chi connectivity index (χ3v) is 3.64. The quantitative estimate of drug-likeness (QED) is 0.799. The van der Waals surface area contributed by atoms with E-state index in [1.54, 1.807) is 32.0 Å². The van der Waals surface area contributed by atoms with Gasteiger partial charge in [-0.05, 0) is 43.2 Å². The van der Waals surface area contributed by atoms with Crippen LogP contribution in [0.1, 0.15) is 18.1 Å². The molecule has 0 amide bonds. The van der Waals surface area contributed by atoms with Crippen LogP contribution in [0.5, 0.6) is 0 Å². The van der Waals surface area contributed by atoms with Crippen LogP contribution >= 0.6 is 0 Å². The van der Waals surface area contributed by atoms with E-state index in [1.165, 1.54) is 6.08 Å². The Morgan fingerprint density at radius 2 is 2.11 bits per heavy atom. The molecule has 0 saturated heterocycles. The molecule has 0 bridgehead atoms.